The Morgan fingerprint density at radius 3 is 2.19 bits per heavy atom. The van der Waals surface area contributed by atoms with E-state index >= 15 is 0 Å². The quantitative estimate of drug-likeness (QED) is 0.367. The van der Waals surface area contributed by atoms with Crippen LogP contribution in [0.15, 0.2) is 59.7 Å². The van der Waals surface area contributed by atoms with E-state index in [2.05, 4.69) is 72.0 Å². The zero-order chi connectivity index (χ0) is 24.9. The van der Waals surface area contributed by atoms with Crippen LogP contribution in [0.5, 0.6) is 0 Å². The molecule has 1 atom stereocenters. The molecule has 1 aliphatic heterocycles. The molecule has 4 fully saturated rings. The number of aryl methyl sites for hydroxylation is 2. The number of nitrogens with zero attached hydrogens (tertiary/aromatic N) is 2. The minimum Gasteiger partial charge on any atom is -0.343 e. The van der Waals surface area contributed by atoms with Crippen LogP contribution in [0.2, 0.25) is 0 Å². The summed E-state index contributed by atoms with van der Waals surface area (Å²) in [7, 11) is 2.23. The molecule has 3 nitrogen and oxygen atoms in total. The summed E-state index contributed by atoms with van der Waals surface area (Å²) >= 11 is 0. The number of hydrogen-bond donors (Lipinski definition) is 0. The lowest BCUT2D eigenvalue weighted by Gasteiger charge is -2.61. The molecule has 190 valence electrons. The summed E-state index contributed by atoms with van der Waals surface area (Å²) in [5.41, 5.74) is 9.19. The Bertz CT molecular complexity index is 1420. The highest BCUT2D eigenvalue weighted by molar-refractivity contribution is 6.01. The number of hydrogen-bond acceptors (Lipinski definition) is 1. The second-order valence-electron chi connectivity index (χ2n) is 13.1. The normalized spacial score (nSPS) is 32.6. The van der Waals surface area contributed by atoms with Gasteiger partial charge in [0.1, 0.15) is 0 Å². The molecule has 0 radical (unpaired) electrons. The molecule has 3 heteroatoms. The third-order valence-corrected chi connectivity index (χ3v) is 10.8. The standard InChI is InChI=1S/C34H38N2O/c1-21-11-13-25(14-12-21)31-30(28-9-5-6-10-29(28)35(31)2)32-26-7-3-4-8-27(26)33(37)36(32)34-18-22-15-23(19-34)17-24(16-22)20-34/h5-6,9-14,22-24,32H,3-4,7-8,15-20H2,1-2H3. The molecule has 4 saturated carbocycles. The van der Waals surface area contributed by atoms with E-state index in [0.717, 1.165) is 37.0 Å². The fourth-order valence-corrected chi connectivity index (χ4v) is 9.81. The number of rotatable bonds is 3. The van der Waals surface area contributed by atoms with Gasteiger partial charge in [-0.1, -0.05) is 48.0 Å². The number of benzene rings is 2. The van der Waals surface area contributed by atoms with Crippen molar-refractivity contribution in [3.8, 4) is 11.3 Å². The first-order chi connectivity index (χ1) is 18.0. The minimum atomic E-state index is 0.0509. The lowest BCUT2D eigenvalue weighted by Crippen LogP contribution is -2.61. The van der Waals surface area contributed by atoms with Crippen molar-refractivity contribution >= 4 is 16.8 Å². The van der Waals surface area contributed by atoms with Crippen LogP contribution in [-0.4, -0.2) is 20.9 Å². The predicted octanol–water partition coefficient (Wildman–Crippen LogP) is 7.88. The Morgan fingerprint density at radius 1 is 0.838 bits per heavy atom. The highest BCUT2D eigenvalue weighted by atomic mass is 16.2. The van der Waals surface area contributed by atoms with Gasteiger partial charge >= 0.3 is 0 Å². The van der Waals surface area contributed by atoms with Crippen molar-refractivity contribution in [2.75, 3.05) is 0 Å². The van der Waals surface area contributed by atoms with Crippen molar-refractivity contribution in [1.29, 1.82) is 0 Å². The molecule has 0 N–H and O–H groups in total. The molecule has 1 unspecified atom stereocenters. The van der Waals surface area contributed by atoms with E-state index in [1.807, 2.05) is 0 Å². The Morgan fingerprint density at radius 2 is 1.49 bits per heavy atom. The molecule has 5 aliphatic carbocycles. The summed E-state index contributed by atoms with van der Waals surface area (Å²) in [4.78, 5) is 17.1. The van der Waals surface area contributed by atoms with E-state index in [-0.39, 0.29) is 11.6 Å². The Hall–Kier alpha value is -2.81. The number of para-hydroxylation sites is 1. The summed E-state index contributed by atoms with van der Waals surface area (Å²) in [5.74, 6) is 2.86. The number of carbonyl (C=O) groups is 1. The van der Waals surface area contributed by atoms with Crippen LogP contribution in [0.4, 0.5) is 0 Å². The first-order valence-electron chi connectivity index (χ1n) is 14.7. The summed E-state index contributed by atoms with van der Waals surface area (Å²) in [5, 5.41) is 1.33. The Kier molecular flexibility index (Phi) is 4.71. The van der Waals surface area contributed by atoms with Crippen molar-refractivity contribution in [2.24, 2.45) is 24.8 Å². The van der Waals surface area contributed by atoms with Crippen molar-refractivity contribution in [2.45, 2.75) is 82.7 Å². The van der Waals surface area contributed by atoms with Gasteiger partial charge < -0.3 is 9.47 Å². The van der Waals surface area contributed by atoms with Gasteiger partial charge in [0.15, 0.2) is 0 Å². The van der Waals surface area contributed by atoms with Gasteiger partial charge in [-0.15, -0.1) is 0 Å². The number of carbonyl (C=O) groups excluding carboxylic acids is 1. The maximum absolute atomic E-state index is 14.5. The molecule has 2 aromatic carbocycles. The SMILES string of the molecule is Cc1ccc(-c2c(C3C4=C(CCCC4)C(=O)N3C34CC5CC(CC(C5)C3)C4)c3ccccc3n2C)cc1. The molecule has 0 saturated heterocycles. The summed E-state index contributed by atoms with van der Waals surface area (Å²) < 4.78 is 2.40. The van der Waals surface area contributed by atoms with Crippen LogP contribution in [-0.2, 0) is 11.8 Å². The van der Waals surface area contributed by atoms with Crippen LogP contribution >= 0.6 is 0 Å². The van der Waals surface area contributed by atoms with Gasteiger partial charge in [-0.25, -0.2) is 0 Å². The second kappa shape index (κ2) is 7.85. The second-order valence-corrected chi connectivity index (χ2v) is 13.1. The molecule has 3 aromatic rings. The lowest BCUT2D eigenvalue weighted by atomic mass is 9.52. The van der Waals surface area contributed by atoms with Gasteiger partial charge in [-0.2, -0.15) is 0 Å². The molecule has 0 spiro atoms. The molecule has 6 aliphatic rings. The van der Waals surface area contributed by atoms with Gasteiger partial charge in [0, 0.05) is 34.6 Å². The molecular weight excluding hydrogens is 452 g/mol. The van der Waals surface area contributed by atoms with E-state index in [1.165, 1.54) is 89.4 Å². The molecule has 9 rings (SSSR count). The third kappa shape index (κ3) is 3.09. The topological polar surface area (TPSA) is 25.2 Å². The van der Waals surface area contributed by atoms with E-state index in [0.29, 0.717) is 5.91 Å². The molecular formula is C34H38N2O. The van der Waals surface area contributed by atoms with Gasteiger partial charge in [-0.3, -0.25) is 4.79 Å². The number of fused-ring (bicyclic) bond motifs is 1. The molecule has 1 aromatic heterocycles. The van der Waals surface area contributed by atoms with Crippen molar-refractivity contribution in [3.63, 3.8) is 0 Å². The van der Waals surface area contributed by atoms with Gasteiger partial charge in [0.2, 0.25) is 0 Å². The fraction of sp³-hybridized carbons (Fsp3) is 0.500. The van der Waals surface area contributed by atoms with Crippen LogP contribution in [0.25, 0.3) is 22.2 Å². The van der Waals surface area contributed by atoms with Crippen LogP contribution in [0, 0.1) is 24.7 Å². The zero-order valence-electron chi connectivity index (χ0n) is 22.3. The van der Waals surface area contributed by atoms with E-state index < -0.39 is 0 Å². The van der Waals surface area contributed by atoms with Crippen molar-refractivity contribution < 1.29 is 4.79 Å². The largest absolute Gasteiger partial charge is 0.343 e. The van der Waals surface area contributed by atoms with Crippen molar-refractivity contribution in [3.05, 3.63) is 70.8 Å². The van der Waals surface area contributed by atoms with Crippen LogP contribution < -0.4 is 0 Å². The fourth-order valence-electron chi connectivity index (χ4n) is 9.81. The highest BCUT2D eigenvalue weighted by Gasteiger charge is 2.59. The first-order valence-corrected chi connectivity index (χ1v) is 14.7. The van der Waals surface area contributed by atoms with Gasteiger partial charge in [-0.05, 0) is 106 Å². The number of aromatic nitrogens is 1. The number of amides is 1. The monoisotopic (exact) mass is 490 g/mol. The predicted molar refractivity (Wildman–Crippen MR) is 149 cm³/mol. The highest BCUT2D eigenvalue weighted by Crippen LogP contribution is 2.62. The molecule has 2 heterocycles. The smallest absolute Gasteiger partial charge is 0.251 e. The Labute approximate surface area is 220 Å². The van der Waals surface area contributed by atoms with Gasteiger partial charge in [0.05, 0.1) is 11.7 Å². The first kappa shape index (κ1) is 22.2. The zero-order valence-corrected chi connectivity index (χ0v) is 22.3. The molecule has 4 bridgehead atoms. The maximum Gasteiger partial charge on any atom is 0.251 e. The lowest BCUT2D eigenvalue weighted by molar-refractivity contribution is -0.148. The van der Waals surface area contributed by atoms with E-state index in [9.17, 15) is 4.79 Å². The maximum atomic E-state index is 14.5. The average molecular weight is 491 g/mol. The van der Waals surface area contributed by atoms with E-state index in [4.69, 9.17) is 0 Å². The van der Waals surface area contributed by atoms with Gasteiger partial charge in [0.25, 0.3) is 5.91 Å². The minimum absolute atomic E-state index is 0.0509. The summed E-state index contributed by atoms with van der Waals surface area (Å²) in [6.45, 7) is 2.16. The summed E-state index contributed by atoms with van der Waals surface area (Å²) in [6.07, 6.45) is 12.3. The average Bonchev–Trinajstić information content (AvgIpc) is 3.35. The molecule has 1 amide bonds. The van der Waals surface area contributed by atoms with E-state index in [1.54, 1.807) is 0 Å². The summed E-state index contributed by atoms with van der Waals surface area (Å²) in [6, 6.07) is 18.0. The van der Waals surface area contributed by atoms with Crippen LogP contribution in [0.3, 0.4) is 0 Å². The van der Waals surface area contributed by atoms with Crippen LogP contribution in [0.1, 0.15) is 81.4 Å². The van der Waals surface area contributed by atoms with Crippen molar-refractivity contribution in [1.82, 2.24) is 9.47 Å². The molecule has 37 heavy (non-hydrogen) atoms. The third-order valence-electron chi connectivity index (χ3n) is 10.8. The Balaban J connectivity index is 1.39.